The first kappa shape index (κ1) is 19.7. The molecule has 1 aliphatic rings. The fraction of sp³-hybridized carbons (Fsp3) is 0.222. The van der Waals surface area contributed by atoms with E-state index < -0.39 is 24.2 Å². The van der Waals surface area contributed by atoms with Crippen LogP contribution in [0.1, 0.15) is 34.6 Å². The van der Waals surface area contributed by atoms with Crippen molar-refractivity contribution in [3.05, 3.63) is 64.2 Å². The number of amides is 1. The number of carbonyl (C=O) groups is 1. The number of hydrogen-bond donors (Lipinski definition) is 2. The lowest BCUT2D eigenvalue weighted by atomic mass is 10.0. The average Bonchev–Trinajstić information content (AvgIpc) is 3.32. The number of nitrogens with zero attached hydrogens (tertiary/aromatic N) is 2. The predicted octanol–water partition coefficient (Wildman–Crippen LogP) is 5.70. The molecule has 4 rings (SSSR count). The summed E-state index contributed by atoms with van der Waals surface area (Å²) in [5.74, 6) is -0.407. The highest BCUT2D eigenvalue weighted by Crippen LogP contribution is 2.44. The van der Waals surface area contributed by atoms with E-state index >= 15 is 0 Å². The van der Waals surface area contributed by atoms with Crippen LogP contribution in [-0.4, -0.2) is 21.9 Å². The van der Waals surface area contributed by atoms with E-state index in [1.807, 2.05) is 0 Å². The summed E-state index contributed by atoms with van der Waals surface area (Å²) in [7, 11) is 0. The second-order valence-corrected chi connectivity index (χ2v) is 7.28. The van der Waals surface area contributed by atoms with Crippen molar-refractivity contribution in [3.8, 4) is 0 Å². The number of anilines is 2. The number of hydrogen-bond acceptors (Lipinski definition) is 4. The van der Waals surface area contributed by atoms with Gasteiger partial charge in [-0.05, 0) is 30.3 Å². The fourth-order valence-electron chi connectivity index (χ4n) is 3.19. The molecule has 152 valence electrons. The average molecular weight is 445 g/mol. The first-order chi connectivity index (χ1) is 13.7. The summed E-state index contributed by atoms with van der Waals surface area (Å²) < 4.78 is 46.9. The summed E-state index contributed by atoms with van der Waals surface area (Å²) in [5, 5.41) is 9.87. The standard InChI is InChI=1S/C18H13Cl2F3N4O2/c19-9-3-4-11(20)12(6-9)26-17(28)10-8-24-27-15(18(21,22)23)7-13(25-16(10)27)14-2-1-5-29-14/h1-6,8,13,15,25H,7H2,(H,26,28)/t13-,15+/m0/s1. The quantitative estimate of drug-likeness (QED) is 0.543. The molecule has 0 fully saturated rings. The number of furan rings is 1. The van der Waals surface area contributed by atoms with Crippen LogP contribution >= 0.6 is 23.2 Å². The SMILES string of the molecule is O=C(Nc1cc(Cl)ccc1Cl)c1cnn2c1N[C@H](c1ccco1)C[C@@H]2C(F)(F)F. The van der Waals surface area contributed by atoms with E-state index in [2.05, 4.69) is 15.7 Å². The van der Waals surface area contributed by atoms with Gasteiger partial charge in [0.05, 0.1) is 29.2 Å². The number of aromatic nitrogens is 2. The zero-order valence-corrected chi connectivity index (χ0v) is 16.0. The summed E-state index contributed by atoms with van der Waals surface area (Å²) in [6, 6.07) is 4.95. The van der Waals surface area contributed by atoms with Crippen molar-refractivity contribution in [2.45, 2.75) is 24.7 Å². The van der Waals surface area contributed by atoms with Gasteiger partial charge in [0, 0.05) is 11.4 Å². The molecular formula is C18H13Cl2F3N4O2. The van der Waals surface area contributed by atoms with Gasteiger partial charge in [0.25, 0.3) is 5.91 Å². The highest BCUT2D eigenvalue weighted by Gasteiger charge is 2.47. The molecule has 0 spiro atoms. The lowest BCUT2D eigenvalue weighted by Crippen LogP contribution is -2.36. The van der Waals surface area contributed by atoms with Gasteiger partial charge in [-0.1, -0.05) is 23.2 Å². The Bertz CT molecular complexity index is 1050. The minimum absolute atomic E-state index is 0.0596. The van der Waals surface area contributed by atoms with Gasteiger partial charge >= 0.3 is 6.18 Å². The van der Waals surface area contributed by atoms with Crippen molar-refractivity contribution in [1.29, 1.82) is 0 Å². The van der Waals surface area contributed by atoms with Crippen molar-refractivity contribution in [2.24, 2.45) is 0 Å². The van der Waals surface area contributed by atoms with E-state index in [9.17, 15) is 18.0 Å². The Kier molecular flexibility index (Phi) is 4.95. The van der Waals surface area contributed by atoms with Crippen molar-refractivity contribution in [3.63, 3.8) is 0 Å². The van der Waals surface area contributed by atoms with Crippen molar-refractivity contribution in [2.75, 3.05) is 10.6 Å². The van der Waals surface area contributed by atoms with E-state index in [1.54, 1.807) is 18.2 Å². The molecule has 2 N–H and O–H groups in total. The topological polar surface area (TPSA) is 72.1 Å². The third-order valence-corrected chi connectivity index (χ3v) is 5.11. The third kappa shape index (κ3) is 3.79. The number of alkyl halides is 3. The summed E-state index contributed by atoms with van der Waals surface area (Å²) >= 11 is 12.0. The Labute approximate surface area is 172 Å². The molecule has 1 aromatic carbocycles. The maximum Gasteiger partial charge on any atom is 0.410 e. The van der Waals surface area contributed by atoms with Crippen LogP contribution in [0.2, 0.25) is 10.0 Å². The lowest BCUT2D eigenvalue weighted by Gasteiger charge is -2.32. The van der Waals surface area contributed by atoms with Gasteiger partial charge in [0.2, 0.25) is 0 Å². The summed E-state index contributed by atoms with van der Waals surface area (Å²) in [4.78, 5) is 12.7. The van der Waals surface area contributed by atoms with E-state index in [0.717, 1.165) is 10.9 Å². The third-order valence-electron chi connectivity index (χ3n) is 4.55. The van der Waals surface area contributed by atoms with Gasteiger partial charge in [0.15, 0.2) is 6.04 Å². The second-order valence-electron chi connectivity index (χ2n) is 6.44. The number of carbonyl (C=O) groups excluding carboxylic acids is 1. The number of halogens is 5. The summed E-state index contributed by atoms with van der Waals surface area (Å²) in [6.07, 6.45) is -2.43. The van der Waals surface area contributed by atoms with Gasteiger partial charge in [0.1, 0.15) is 17.1 Å². The summed E-state index contributed by atoms with van der Waals surface area (Å²) in [5.41, 5.74) is 0.168. The first-order valence-electron chi connectivity index (χ1n) is 8.44. The van der Waals surface area contributed by atoms with Gasteiger partial charge < -0.3 is 15.1 Å². The number of benzene rings is 1. The molecular weight excluding hydrogens is 432 g/mol. The Morgan fingerprint density at radius 3 is 2.79 bits per heavy atom. The van der Waals surface area contributed by atoms with Gasteiger partial charge in [-0.3, -0.25) is 4.79 Å². The van der Waals surface area contributed by atoms with Crippen LogP contribution in [0, 0.1) is 0 Å². The minimum atomic E-state index is -4.56. The molecule has 11 heteroatoms. The molecule has 0 aliphatic carbocycles. The molecule has 0 unspecified atom stereocenters. The van der Waals surface area contributed by atoms with Crippen LogP contribution in [0.5, 0.6) is 0 Å². The molecule has 0 radical (unpaired) electrons. The maximum absolute atomic E-state index is 13.6. The van der Waals surface area contributed by atoms with Crippen molar-refractivity contribution < 1.29 is 22.4 Å². The monoisotopic (exact) mass is 444 g/mol. The highest BCUT2D eigenvalue weighted by atomic mass is 35.5. The van der Waals surface area contributed by atoms with Gasteiger partial charge in [-0.15, -0.1) is 0 Å². The Morgan fingerprint density at radius 1 is 1.31 bits per heavy atom. The molecule has 6 nitrogen and oxygen atoms in total. The first-order valence-corrected chi connectivity index (χ1v) is 9.20. The van der Waals surface area contributed by atoms with E-state index in [1.165, 1.54) is 18.4 Å². The van der Waals surface area contributed by atoms with Gasteiger partial charge in [-0.25, -0.2) is 4.68 Å². The largest absolute Gasteiger partial charge is 0.467 e. The van der Waals surface area contributed by atoms with Crippen LogP contribution in [-0.2, 0) is 0 Å². The fourth-order valence-corrected chi connectivity index (χ4v) is 3.52. The number of rotatable bonds is 3. The molecule has 2 aromatic heterocycles. The molecule has 2 atom stereocenters. The Morgan fingerprint density at radius 2 is 2.10 bits per heavy atom. The zero-order valence-electron chi connectivity index (χ0n) is 14.5. The molecule has 0 saturated carbocycles. The minimum Gasteiger partial charge on any atom is -0.467 e. The van der Waals surface area contributed by atoms with Gasteiger partial charge in [-0.2, -0.15) is 18.3 Å². The molecule has 1 aliphatic heterocycles. The normalized spacial score (nSPS) is 18.8. The van der Waals surface area contributed by atoms with Crippen molar-refractivity contribution in [1.82, 2.24) is 9.78 Å². The molecule has 0 saturated heterocycles. The zero-order chi connectivity index (χ0) is 20.8. The van der Waals surface area contributed by atoms with Crippen LogP contribution in [0.3, 0.4) is 0 Å². The Hall–Kier alpha value is -2.65. The second kappa shape index (κ2) is 7.31. The van der Waals surface area contributed by atoms with Crippen LogP contribution in [0.15, 0.2) is 47.2 Å². The number of fused-ring (bicyclic) bond motifs is 1. The van der Waals surface area contributed by atoms with E-state index in [0.29, 0.717) is 10.8 Å². The van der Waals surface area contributed by atoms with E-state index in [-0.39, 0.29) is 28.5 Å². The maximum atomic E-state index is 13.6. The smallest absolute Gasteiger partial charge is 0.410 e. The summed E-state index contributed by atoms with van der Waals surface area (Å²) in [6.45, 7) is 0. The van der Waals surface area contributed by atoms with Crippen LogP contribution < -0.4 is 10.6 Å². The molecule has 29 heavy (non-hydrogen) atoms. The molecule has 3 heterocycles. The van der Waals surface area contributed by atoms with Crippen LogP contribution in [0.25, 0.3) is 0 Å². The molecule has 3 aromatic rings. The Balaban J connectivity index is 1.70. The van der Waals surface area contributed by atoms with Crippen molar-refractivity contribution >= 4 is 40.6 Å². The van der Waals surface area contributed by atoms with E-state index in [4.69, 9.17) is 27.6 Å². The number of nitrogens with one attached hydrogen (secondary N) is 2. The highest BCUT2D eigenvalue weighted by molar-refractivity contribution is 6.36. The lowest BCUT2D eigenvalue weighted by molar-refractivity contribution is -0.174. The molecule has 0 bridgehead atoms. The van der Waals surface area contributed by atoms with Crippen LogP contribution in [0.4, 0.5) is 24.7 Å². The predicted molar refractivity (Wildman–Crippen MR) is 101 cm³/mol. The molecule has 1 amide bonds.